The van der Waals surface area contributed by atoms with E-state index in [1.54, 1.807) is 27.9 Å². The predicted molar refractivity (Wildman–Crippen MR) is 429 cm³/mol. The molecule has 14 atom stereocenters. The van der Waals surface area contributed by atoms with E-state index < -0.39 is 125 Å². The van der Waals surface area contributed by atoms with Crippen LogP contribution >= 0.6 is 23.2 Å². The molecule has 0 unspecified atom stereocenters. The molecule has 7 heterocycles. The van der Waals surface area contributed by atoms with Crippen LogP contribution in [0.4, 0.5) is 21.0 Å². The summed E-state index contributed by atoms with van der Waals surface area (Å²) in [4.78, 5) is 126. The van der Waals surface area contributed by atoms with Gasteiger partial charge in [0.25, 0.3) is 0 Å². The molecule has 9 rings (SSSR count). The van der Waals surface area contributed by atoms with Crippen molar-refractivity contribution in [2.45, 2.75) is 243 Å². The van der Waals surface area contributed by atoms with Crippen molar-refractivity contribution in [3.63, 3.8) is 0 Å². The zero-order valence-electron chi connectivity index (χ0n) is 69.2. The van der Waals surface area contributed by atoms with E-state index in [4.69, 9.17) is 83.8 Å². The van der Waals surface area contributed by atoms with Crippen LogP contribution < -0.4 is 65.2 Å². The van der Waals surface area contributed by atoms with Crippen LogP contribution in [0.1, 0.15) is 182 Å². The molecule has 2 aromatic rings. The summed E-state index contributed by atoms with van der Waals surface area (Å²) in [6.07, 6.45) is 14.5. The minimum atomic E-state index is -1.58. The summed E-state index contributed by atoms with van der Waals surface area (Å²) in [5.41, 5.74) is 5.00. The van der Waals surface area contributed by atoms with E-state index in [1.165, 1.54) is 24.0 Å². The molecule has 5 fully saturated rings. The number of aliphatic carboxylic acids is 2. The van der Waals surface area contributed by atoms with Gasteiger partial charge in [0.1, 0.15) is 81.2 Å². The number of hydrogen-bond acceptors (Lipinski definition) is 23. The van der Waals surface area contributed by atoms with Crippen molar-refractivity contribution in [2.75, 3.05) is 64.3 Å². The number of alkyl carbamates (subject to hydrolysis) is 2. The van der Waals surface area contributed by atoms with Gasteiger partial charge in [0.2, 0.25) is 11.8 Å². The summed E-state index contributed by atoms with van der Waals surface area (Å²) in [7, 11) is 6.29. The van der Waals surface area contributed by atoms with E-state index in [-0.39, 0.29) is 117 Å². The van der Waals surface area contributed by atoms with Crippen LogP contribution in [0.15, 0.2) is 71.9 Å². The van der Waals surface area contributed by atoms with Crippen molar-refractivity contribution in [2.24, 2.45) is 41.2 Å². The third-order valence-corrected chi connectivity index (χ3v) is 23.5. The van der Waals surface area contributed by atoms with Crippen LogP contribution in [-0.4, -0.2) is 208 Å². The van der Waals surface area contributed by atoms with Gasteiger partial charge in [-0.25, -0.2) is 9.59 Å². The molecule has 0 aliphatic carbocycles. The zero-order valence-corrected chi connectivity index (χ0v) is 72.7. The second kappa shape index (κ2) is 46.8. The average molecular weight is 1670 g/mol. The van der Waals surface area contributed by atoms with Crippen molar-refractivity contribution in [3.05, 3.63) is 99.6 Å². The smallest absolute Gasteiger partial charge is 0.512 e. The first-order valence-electron chi connectivity index (χ1n) is 39.1. The second-order valence-electron chi connectivity index (χ2n) is 31.0. The van der Waals surface area contributed by atoms with E-state index in [1.807, 2.05) is 102 Å². The van der Waals surface area contributed by atoms with Crippen LogP contribution in [0.3, 0.4) is 0 Å². The summed E-state index contributed by atoms with van der Waals surface area (Å²) < 4.78 is 47.2. The Morgan fingerprint density at radius 1 is 0.672 bits per heavy atom. The zero-order chi connectivity index (χ0) is 84.6. The molecule has 0 spiro atoms. The molecular formula is C83H116BCl2N7NaO22. The molecule has 116 heavy (non-hydrogen) atoms. The first-order valence-corrected chi connectivity index (χ1v) is 39.9. The quantitative estimate of drug-likeness (QED) is 0.0106. The number of rotatable bonds is 23. The number of piperidine rings is 1. The third kappa shape index (κ3) is 27.3. The number of anilines is 2. The standard InChI is InChI=1S/C41H58ClN3O10.C35H50ClN3O8.C6H8O4.CN.B.Na/c1-7-29-13-11-12-25(2)20-27-21-30(36(42)31(22-27)52-6)44(5)34(46)23-33(40(4)37(55-40)26(3)32-24-41(29,51)43-39(50)53-32)54-35(47)14-9-8-10-17-45-18-15-28(16-19-45)38(48)49;1-7-24-13-11-12-21(2)16-23-17-25(31(36)26(18-23)44-6)39(5)29(40)19-28(46-30(41)14-9-8-10-15-37)34(4)32(47-34)22(3)27-20-35(24,43)38-33(42)45-27;7-3-1-5(2-4-8)6(9)10;1-2;;/h11-13,21-22,26,28-29,32-33,37,51H,7-10,14-20,23-24H2,1-6H3,(H,43,50)(H,48,49);11-13,17-18,22,24,27-28,32,43H,7-10,14-16,19-20,37H2,1-6H3,(H,38,42);3-5H,1-2H2,(H,9,10);;;/q;;;-1;;+1/b13-11+,25-12+;13-11+,21-12+;;;;/t26-,29-,32+,33+,37+,40+,41+;22-,24-,27+,28+,32+,34+,35+;;;;/m11..../s1. The Morgan fingerprint density at radius 3 is 1.42 bits per heavy atom. The van der Waals surface area contributed by atoms with Crippen LogP contribution in [0.25, 0.3) is 0 Å². The van der Waals surface area contributed by atoms with Crippen molar-refractivity contribution in [1.29, 1.82) is 5.26 Å². The second-order valence-corrected chi connectivity index (χ2v) is 31.7. The predicted octanol–water partition coefficient (Wildman–Crippen LogP) is 7.82. The summed E-state index contributed by atoms with van der Waals surface area (Å²) >= 11 is 13.5. The maximum absolute atomic E-state index is 14.1. The van der Waals surface area contributed by atoms with Crippen LogP contribution in [0.2, 0.25) is 10.0 Å². The van der Waals surface area contributed by atoms with Gasteiger partial charge < -0.3 is 100 Å². The van der Waals surface area contributed by atoms with Crippen molar-refractivity contribution < 1.29 is 136 Å². The number of unbranched alkanes of at least 4 members (excludes halogenated alkanes) is 4. The Hall–Kier alpha value is -7.41. The number of epoxide rings is 2. The Bertz CT molecular complexity index is 3850. The molecule has 7 aliphatic rings. The van der Waals surface area contributed by atoms with E-state index in [0.717, 1.165) is 67.6 Å². The number of halogens is 2. The van der Waals surface area contributed by atoms with Gasteiger partial charge in [-0.2, -0.15) is 0 Å². The third-order valence-electron chi connectivity index (χ3n) is 22.7. The fraction of sp³-hybridized carbons (Fsp3) is 0.627. The SMILES string of the molecule is CC[C@@H]1/C=C/C=C(\C)Cc2cc(OC)c(Cl)c(c2)N(C)C(=O)C[C@H](OC(=O)CCCCCN)[C@]2(C)O[C@H]2[C@H](C)[C@@H]2C[C@@]1(O)NC(=O)O2.CC[C@@H]1/C=C/C=C(\C)Cc2cc(OC)c(Cl)c(c2)N(C)C(=O)C[C@H](OC(=O)CCCCCN2CCC(C(=O)O)CC2)[C@]2(C)O[C@H]2[C@H](C)[C@@H]2C[C@@]1(O)NC(=O)O2.O=CCC(CC=O)C(=O)O.[B].[C-]#N.[Na+]. The number of carboxylic acid groups (broad SMARTS) is 2. The number of nitrogens with one attached hydrogen (secondary N) is 2. The minimum Gasteiger partial charge on any atom is -0.512 e. The van der Waals surface area contributed by atoms with Crippen LogP contribution in [0.5, 0.6) is 11.5 Å². The van der Waals surface area contributed by atoms with Gasteiger partial charge in [-0.1, -0.05) is 111 Å². The number of benzene rings is 2. The Balaban J connectivity index is 0.000000425. The number of fused-ring (bicyclic) bond motifs is 10. The van der Waals surface area contributed by atoms with Crippen LogP contribution in [-0.2, 0) is 79.6 Å². The molecule has 4 amide bonds. The molecule has 0 aromatic heterocycles. The van der Waals surface area contributed by atoms with Crippen molar-refractivity contribution in [1.82, 2.24) is 15.5 Å². The normalized spacial score (nSPS) is 29.6. The summed E-state index contributed by atoms with van der Waals surface area (Å²) in [5.74, 6) is -5.30. The van der Waals surface area contributed by atoms with Crippen molar-refractivity contribution >= 4 is 103 Å². The first-order chi connectivity index (χ1) is 54.0. The number of methoxy groups -OCH3 is 2. The Kier molecular flexibility index (Phi) is 40.7. The number of likely N-dealkylation sites (tertiary alicyclic amines) is 1. The molecule has 33 heteroatoms. The fourth-order valence-electron chi connectivity index (χ4n) is 15.5. The number of carbonyl (C=O) groups excluding carboxylic acids is 8. The number of allylic oxidation sites excluding steroid dienone is 6. The Labute approximate surface area is 715 Å². The molecule has 5 saturated heterocycles. The molecule has 29 nitrogen and oxygen atoms in total. The number of nitrogens with zero attached hydrogens (tertiary/aromatic N) is 4. The number of ether oxygens (including phenoxy) is 8. The fourth-order valence-corrected chi connectivity index (χ4v) is 16.2. The number of carbonyl (C=O) groups is 10. The first kappa shape index (κ1) is 101. The molecular weight excluding hydrogens is 1550 g/mol. The van der Waals surface area contributed by atoms with Gasteiger partial charge in [-0.05, 0) is 153 Å². The van der Waals surface area contributed by atoms with Gasteiger partial charge in [0.15, 0.2) is 0 Å². The molecule has 0 saturated carbocycles. The summed E-state index contributed by atoms with van der Waals surface area (Å²) in [6, 6.07) is 7.37. The largest absolute Gasteiger partial charge is 1.00 e. The van der Waals surface area contributed by atoms with Gasteiger partial charge in [-0.15, -0.1) is 0 Å². The van der Waals surface area contributed by atoms with Crippen LogP contribution in [0, 0.1) is 47.3 Å². The number of esters is 2. The number of hydrogen-bond donors (Lipinski definition) is 7. The number of aliphatic hydroxyl groups is 2. The average Bonchev–Trinajstić information content (AvgIpc) is 1.57. The molecule has 7 aliphatic heterocycles. The summed E-state index contributed by atoms with van der Waals surface area (Å²) in [5, 5.41) is 53.3. The van der Waals surface area contributed by atoms with Gasteiger partial charge in [0.05, 0.1) is 62.5 Å². The van der Waals surface area contributed by atoms with Gasteiger partial charge in [-0.3, -0.25) is 39.4 Å². The number of amides is 4. The maximum Gasteiger partial charge on any atom is 1.00 e. The molecule has 3 radical (unpaired) electrons. The van der Waals surface area contributed by atoms with Gasteiger partial charge >= 0.3 is 65.6 Å². The monoisotopic (exact) mass is 1670 g/mol. The Morgan fingerprint density at radius 2 is 1.07 bits per heavy atom. The van der Waals surface area contributed by atoms with E-state index in [9.17, 15) is 63.3 Å². The number of aldehydes is 2. The van der Waals surface area contributed by atoms with Crippen molar-refractivity contribution in [3.8, 4) is 11.5 Å². The molecule has 2 aromatic carbocycles. The van der Waals surface area contributed by atoms with E-state index in [2.05, 4.69) is 15.5 Å². The molecule has 8 N–H and O–H groups in total. The molecule has 8 bridgehead atoms. The van der Waals surface area contributed by atoms with Gasteiger partial charge in [0, 0.05) is 84.7 Å². The topological polar surface area (TPSA) is 416 Å². The summed E-state index contributed by atoms with van der Waals surface area (Å²) in [6.45, 7) is 22.8. The van der Waals surface area contributed by atoms with E-state index >= 15 is 0 Å². The number of nitrogens with two attached hydrogens (primary N) is 1. The maximum atomic E-state index is 14.1. The molecule has 633 valence electrons. The number of carboxylic acids is 2. The van der Waals surface area contributed by atoms with E-state index in [0.29, 0.717) is 93.4 Å². The minimum absolute atomic E-state index is 0.